The molecule has 2 saturated heterocycles. The molecule has 3 heteroatoms. The summed E-state index contributed by atoms with van der Waals surface area (Å²) in [6.07, 6.45) is 6.43. The molecule has 2 aliphatic rings. The van der Waals surface area contributed by atoms with Crippen LogP contribution in [0.1, 0.15) is 39.0 Å². The molecule has 2 rings (SSSR count). The number of piperidine rings is 1. The summed E-state index contributed by atoms with van der Waals surface area (Å²) in [5.41, 5.74) is 0. The van der Waals surface area contributed by atoms with E-state index >= 15 is 0 Å². The van der Waals surface area contributed by atoms with Gasteiger partial charge in [0.25, 0.3) is 0 Å². The molecule has 88 valence electrons. The fourth-order valence-corrected chi connectivity index (χ4v) is 3.08. The molecular weight excluding hydrogens is 188 g/mol. The highest BCUT2D eigenvalue weighted by molar-refractivity contribution is 4.90. The minimum absolute atomic E-state index is 0.188. The minimum atomic E-state index is -0.188. The van der Waals surface area contributed by atoms with Gasteiger partial charge in [0.15, 0.2) is 0 Å². The highest BCUT2D eigenvalue weighted by Gasteiger charge is 2.31. The average Bonchev–Trinajstić information content (AvgIpc) is 2.70. The van der Waals surface area contributed by atoms with Gasteiger partial charge in [-0.05, 0) is 45.7 Å². The monoisotopic (exact) mass is 212 g/mol. The molecule has 3 atom stereocenters. The summed E-state index contributed by atoms with van der Waals surface area (Å²) in [7, 11) is 0. The third-order valence-electron chi connectivity index (χ3n) is 3.73. The first-order chi connectivity index (χ1) is 7.27. The Hall–Kier alpha value is -0.120. The van der Waals surface area contributed by atoms with Gasteiger partial charge in [0.2, 0.25) is 0 Å². The van der Waals surface area contributed by atoms with E-state index in [1.54, 1.807) is 0 Å². The third kappa shape index (κ3) is 2.92. The lowest BCUT2D eigenvalue weighted by molar-refractivity contribution is 0.0625. The van der Waals surface area contributed by atoms with Gasteiger partial charge in [0.1, 0.15) is 0 Å². The number of likely N-dealkylation sites (tertiary alicyclic amines) is 1. The van der Waals surface area contributed by atoms with Gasteiger partial charge in [-0.1, -0.05) is 6.42 Å². The fraction of sp³-hybridized carbons (Fsp3) is 1.00. The molecule has 3 nitrogen and oxygen atoms in total. The van der Waals surface area contributed by atoms with E-state index in [1.807, 2.05) is 6.92 Å². The molecule has 2 heterocycles. The van der Waals surface area contributed by atoms with Gasteiger partial charge in [-0.2, -0.15) is 0 Å². The molecule has 0 bridgehead atoms. The number of nitrogens with one attached hydrogen (secondary N) is 1. The van der Waals surface area contributed by atoms with Gasteiger partial charge in [-0.3, -0.25) is 4.90 Å². The zero-order valence-corrected chi connectivity index (χ0v) is 9.78. The Morgan fingerprint density at radius 1 is 1.33 bits per heavy atom. The maximum Gasteiger partial charge on any atom is 0.0639 e. The van der Waals surface area contributed by atoms with Gasteiger partial charge < -0.3 is 10.4 Å². The van der Waals surface area contributed by atoms with Crippen LogP contribution >= 0.6 is 0 Å². The van der Waals surface area contributed by atoms with Gasteiger partial charge in [0, 0.05) is 18.6 Å². The van der Waals surface area contributed by atoms with E-state index in [0.717, 1.165) is 6.54 Å². The molecule has 2 aliphatic heterocycles. The standard InChI is InChI=1S/C12H24N2O/c1-10(15)9-14-8-3-2-6-12(14)11-5-4-7-13-11/h10-13,15H,2-9H2,1H3/t10-,11?,12?/m1/s1. The maximum atomic E-state index is 9.50. The van der Waals surface area contributed by atoms with Crippen LogP contribution in [0.25, 0.3) is 0 Å². The molecule has 0 radical (unpaired) electrons. The van der Waals surface area contributed by atoms with Crippen LogP contribution in [0.3, 0.4) is 0 Å². The normalized spacial score (nSPS) is 35.6. The van der Waals surface area contributed by atoms with Crippen molar-refractivity contribution in [2.75, 3.05) is 19.6 Å². The van der Waals surface area contributed by atoms with Crippen molar-refractivity contribution in [1.29, 1.82) is 0 Å². The number of aliphatic hydroxyl groups is 1. The molecule has 0 spiro atoms. The molecule has 15 heavy (non-hydrogen) atoms. The quantitative estimate of drug-likeness (QED) is 0.732. The molecule has 2 unspecified atom stereocenters. The van der Waals surface area contributed by atoms with Gasteiger partial charge in [-0.25, -0.2) is 0 Å². The molecule has 0 aromatic heterocycles. The van der Waals surface area contributed by atoms with Crippen LogP contribution in [-0.4, -0.2) is 47.8 Å². The van der Waals surface area contributed by atoms with Crippen molar-refractivity contribution in [1.82, 2.24) is 10.2 Å². The number of nitrogens with zero attached hydrogens (tertiary/aromatic N) is 1. The lowest BCUT2D eigenvalue weighted by atomic mass is 9.94. The number of hydrogen-bond donors (Lipinski definition) is 2. The van der Waals surface area contributed by atoms with E-state index in [4.69, 9.17) is 0 Å². The largest absolute Gasteiger partial charge is 0.392 e. The Kier molecular flexibility index (Phi) is 4.00. The van der Waals surface area contributed by atoms with Crippen LogP contribution < -0.4 is 5.32 Å². The average molecular weight is 212 g/mol. The van der Waals surface area contributed by atoms with Crippen LogP contribution in [0.5, 0.6) is 0 Å². The summed E-state index contributed by atoms with van der Waals surface area (Å²) >= 11 is 0. The molecule has 0 amide bonds. The first-order valence-electron chi connectivity index (χ1n) is 6.43. The maximum absolute atomic E-state index is 9.50. The highest BCUT2D eigenvalue weighted by Crippen LogP contribution is 2.24. The second kappa shape index (κ2) is 5.28. The zero-order valence-electron chi connectivity index (χ0n) is 9.78. The first kappa shape index (κ1) is 11.4. The summed E-state index contributed by atoms with van der Waals surface area (Å²) in [5.74, 6) is 0. The Morgan fingerprint density at radius 3 is 2.87 bits per heavy atom. The summed E-state index contributed by atoms with van der Waals surface area (Å²) in [6, 6.07) is 1.36. The number of aliphatic hydroxyl groups excluding tert-OH is 1. The second-order valence-corrected chi connectivity index (χ2v) is 5.11. The van der Waals surface area contributed by atoms with Crippen LogP contribution in [0.4, 0.5) is 0 Å². The van der Waals surface area contributed by atoms with Crippen molar-refractivity contribution in [3.63, 3.8) is 0 Å². The van der Waals surface area contributed by atoms with Crippen molar-refractivity contribution in [2.45, 2.75) is 57.2 Å². The van der Waals surface area contributed by atoms with Crippen molar-refractivity contribution < 1.29 is 5.11 Å². The van der Waals surface area contributed by atoms with Crippen LogP contribution in [0, 0.1) is 0 Å². The molecule has 0 aliphatic carbocycles. The van der Waals surface area contributed by atoms with Gasteiger partial charge in [-0.15, -0.1) is 0 Å². The Balaban J connectivity index is 1.92. The zero-order chi connectivity index (χ0) is 10.7. The predicted molar refractivity (Wildman–Crippen MR) is 61.9 cm³/mol. The van der Waals surface area contributed by atoms with E-state index in [2.05, 4.69) is 10.2 Å². The van der Waals surface area contributed by atoms with Crippen LogP contribution in [0.2, 0.25) is 0 Å². The molecule has 0 saturated carbocycles. The van der Waals surface area contributed by atoms with Gasteiger partial charge in [0.05, 0.1) is 6.10 Å². The highest BCUT2D eigenvalue weighted by atomic mass is 16.3. The smallest absolute Gasteiger partial charge is 0.0639 e. The summed E-state index contributed by atoms with van der Waals surface area (Å²) in [5, 5.41) is 13.1. The van der Waals surface area contributed by atoms with E-state index in [-0.39, 0.29) is 6.10 Å². The summed E-state index contributed by atoms with van der Waals surface area (Å²) in [6.45, 7) is 5.11. The molecule has 2 fully saturated rings. The molecule has 2 N–H and O–H groups in total. The summed E-state index contributed by atoms with van der Waals surface area (Å²) < 4.78 is 0. The topological polar surface area (TPSA) is 35.5 Å². The van der Waals surface area contributed by atoms with Crippen molar-refractivity contribution >= 4 is 0 Å². The number of β-amino-alcohol motifs (C(OH)–C–C–N with tert-alkyl or cyclic N) is 1. The number of rotatable bonds is 3. The lowest BCUT2D eigenvalue weighted by Gasteiger charge is -2.39. The van der Waals surface area contributed by atoms with Crippen molar-refractivity contribution in [3.8, 4) is 0 Å². The van der Waals surface area contributed by atoms with E-state index in [9.17, 15) is 5.11 Å². The Morgan fingerprint density at radius 2 is 2.20 bits per heavy atom. The minimum Gasteiger partial charge on any atom is -0.392 e. The Labute approximate surface area is 92.8 Å². The van der Waals surface area contributed by atoms with Crippen molar-refractivity contribution in [2.24, 2.45) is 0 Å². The second-order valence-electron chi connectivity index (χ2n) is 5.11. The van der Waals surface area contributed by atoms with Crippen molar-refractivity contribution in [3.05, 3.63) is 0 Å². The fourth-order valence-electron chi connectivity index (χ4n) is 3.08. The van der Waals surface area contributed by atoms with E-state index in [1.165, 1.54) is 45.2 Å². The molecular formula is C12H24N2O. The predicted octanol–water partition coefficient (Wildman–Crippen LogP) is 0.974. The SMILES string of the molecule is C[C@@H](O)CN1CCCCC1C1CCCN1. The van der Waals surface area contributed by atoms with Crippen LogP contribution in [0.15, 0.2) is 0 Å². The molecule has 0 aromatic carbocycles. The first-order valence-corrected chi connectivity index (χ1v) is 6.43. The third-order valence-corrected chi connectivity index (χ3v) is 3.73. The van der Waals surface area contributed by atoms with E-state index < -0.39 is 0 Å². The van der Waals surface area contributed by atoms with Crippen LogP contribution in [-0.2, 0) is 0 Å². The molecule has 0 aromatic rings. The lowest BCUT2D eigenvalue weighted by Crippen LogP contribution is -2.51. The Bertz CT molecular complexity index is 190. The summed E-state index contributed by atoms with van der Waals surface area (Å²) in [4.78, 5) is 2.50. The van der Waals surface area contributed by atoms with Gasteiger partial charge >= 0.3 is 0 Å². The number of hydrogen-bond acceptors (Lipinski definition) is 3. The van der Waals surface area contributed by atoms with E-state index in [0.29, 0.717) is 12.1 Å².